The monoisotopic (exact) mass is 313 g/mol. The Morgan fingerprint density at radius 3 is 2.52 bits per heavy atom. The van der Waals surface area contributed by atoms with Crippen LogP contribution < -0.4 is 10.7 Å². The van der Waals surface area contributed by atoms with Gasteiger partial charge < -0.3 is 5.32 Å². The number of hydrogen-bond acceptors (Lipinski definition) is 4. The smallest absolute Gasteiger partial charge is 0.328 e. The van der Waals surface area contributed by atoms with Gasteiger partial charge >= 0.3 is 11.8 Å². The van der Waals surface area contributed by atoms with E-state index in [1.165, 1.54) is 41.3 Å². The molecule has 1 aliphatic carbocycles. The Balaban J connectivity index is 1.63. The number of hydrogen-bond donors (Lipinski definition) is 2. The van der Waals surface area contributed by atoms with Gasteiger partial charge in [-0.2, -0.15) is 0 Å². The predicted octanol–water partition coefficient (Wildman–Crippen LogP) is 1.10. The van der Waals surface area contributed by atoms with Crippen LogP contribution in [-0.4, -0.2) is 26.7 Å². The molecular formula is C16H19N5O2. The lowest BCUT2D eigenvalue weighted by atomic mass is 9.89. The summed E-state index contributed by atoms with van der Waals surface area (Å²) in [6.07, 6.45) is 7.26. The first kappa shape index (κ1) is 15.2. The van der Waals surface area contributed by atoms with Gasteiger partial charge in [-0.3, -0.25) is 15.0 Å². The summed E-state index contributed by atoms with van der Waals surface area (Å²) in [5.41, 5.74) is 6.12. The van der Waals surface area contributed by atoms with Crippen molar-refractivity contribution in [2.24, 2.45) is 0 Å². The van der Waals surface area contributed by atoms with E-state index in [0.717, 1.165) is 18.4 Å². The second kappa shape index (κ2) is 6.60. The number of nitrogens with zero attached hydrogens (tertiary/aromatic N) is 3. The minimum atomic E-state index is -0.755. The van der Waals surface area contributed by atoms with Crippen LogP contribution in [0.25, 0.3) is 0 Å². The summed E-state index contributed by atoms with van der Waals surface area (Å²) < 4.78 is 1.23. The van der Waals surface area contributed by atoms with E-state index in [9.17, 15) is 9.59 Å². The van der Waals surface area contributed by atoms with E-state index in [4.69, 9.17) is 0 Å². The van der Waals surface area contributed by atoms with Crippen molar-refractivity contribution in [3.05, 3.63) is 47.5 Å². The highest BCUT2D eigenvalue weighted by Crippen LogP contribution is 2.24. The fourth-order valence-electron chi connectivity index (χ4n) is 2.79. The molecule has 1 heterocycles. The number of fused-ring (bicyclic) bond motifs is 1. The molecule has 2 amide bonds. The van der Waals surface area contributed by atoms with Crippen LogP contribution in [0.2, 0.25) is 0 Å². The van der Waals surface area contributed by atoms with Gasteiger partial charge in [0.05, 0.1) is 6.04 Å². The molecule has 120 valence electrons. The van der Waals surface area contributed by atoms with Crippen LogP contribution >= 0.6 is 0 Å². The SMILES string of the molecule is CC(NC(=O)C(=O)Nn1cnnc1)c1ccc2c(c1)CCCC2. The minimum Gasteiger partial charge on any atom is -0.341 e. The van der Waals surface area contributed by atoms with Crippen molar-refractivity contribution in [2.75, 3.05) is 5.43 Å². The lowest BCUT2D eigenvalue weighted by Gasteiger charge is -2.20. The van der Waals surface area contributed by atoms with Crippen molar-refractivity contribution in [2.45, 2.75) is 38.6 Å². The molecular weight excluding hydrogens is 294 g/mol. The number of carbonyl (C=O) groups is 2. The lowest BCUT2D eigenvalue weighted by Crippen LogP contribution is -2.39. The van der Waals surface area contributed by atoms with Gasteiger partial charge in [0.2, 0.25) is 0 Å². The van der Waals surface area contributed by atoms with E-state index >= 15 is 0 Å². The van der Waals surface area contributed by atoms with E-state index < -0.39 is 11.8 Å². The molecule has 0 fully saturated rings. The molecule has 3 rings (SSSR count). The van der Waals surface area contributed by atoms with E-state index in [1.807, 2.05) is 13.0 Å². The zero-order chi connectivity index (χ0) is 16.2. The Hall–Kier alpha value is -2.70. The zero-order valence-electron chi connectivity index (χ0n) is 13.0. The van der Waals surface area contributed by atoms with E-state index in [2.05, 4.69) is 33.1 Å². The number of benzene rings is 1. The molecule has 7 heteroatoms. The molecule has 0 aliphatic heterocycles. The molecule has 23 heavy (non-hydrogen) atoms. The van der Waals surface area contributed by atoms with E-state index in [0.29, 0.717) is 0 Å². The summed E-state index contributed by atoms with van der Waals surface area (Å²) in [7, 11) is 0. The Morgan fingerprint density at radius 2 is 1.78 bits per heavy atom. The van der Waals surface area contributed by atoms with Crippen LogP contribution in [0, 0.1) is 0 Å². The molecule has 2 N–H and O–H groups in total. The summed E-state index contributed by atoms with van der Waals surface area (Å²) in [5, 5.41) is 9.81. The quantitative estimate of drug-likeness (QED) is 0.831. The highest BCUT2D eigenvalue weighted by molar-refractivity contribution is 6.38. The van der Waals surface area contributed by atoms with Gasteiger partial charge in [-0.05, 0) is 49.3 Å². The van der Waals surface area contributed by atoms with Crippen molar-refractivity contribution in [3.8, 4) is 0 Å². The average molecular weight is 313 g/mol. The van der Waals surface area contributed by atoms with Crippen LogP contribution in [0.5, 0.6) is 0 Å². The first-order valence-corrected chi connectivity index (χ1v) is 7.71. The van der Waals surface area contributed by atoms with Gasteiger partial charge in [-0.1, -0.05) is 18.2 Å². The van der Waals surface area contributed by atoms with Crippen LogP contribution in [0.15, 0.2) is 30.9 Å². The molecule has 0 spiro atoms. The maximum atomic E-state index is 12.0. The van der Waals surface area contributed by atoms with Crippen molar-refractivity contribution in [1.29, 1.82) is 0 Å². The molecule has 7 nitrogen and oxygen atoms in total. The molecule has 1 unspecified atom stereocenters. The average Bonchev–Trinajstić information content (AvgIpc) is 3.07. The number of amides is 2. The Bertz CT molecular complexity index is 711. The van der Waals surface area contributed by atoms with Crippen LogP contribution in [0.3, 0.4) is 0 Å². The standard InChI is InChI=1S/C16H19N5O2/c1-11(13-7-6-12-4-2-3-5-14(12)8-13)19-15(22)16(23)20-21-9-17-18-10-21/h6-11H,2-5H2,1H3,(H,19,22)(H,20,23). The van der Waals surface area contributed by atoms with Crippen LogP contribution in [0.1, 0.15) is 42.5 Å². The van der Waals surface area contributed by atoms with E-state index in [-0.39, 0.29) is 6.04 Å². The largest absolute Gasteiger partial charge is 0.341 e. The zero-order valence-corrected chi connectivity index (χ0v) is 13.0. The fraction of sp³-hybridized carbons (Fsp3) is 0.375. The third kappa shape index (κ3) is 3.56. The van der Waals surface area contributed by atoms with Gasteiger partial charge in [0.25, 0.3) is 0 Å². The molecule has 0 saturated heterocycles. The second-order valence-electron chi connectivity index (χ2n) is 5.74. The number of nitrogens with one attached hydrogen (secondary N) is 2. The second-order valence-corrected chi connectivity index (χ2v) is 5.74. The van der Waals surface area contributed by atoms with Gasteiger partial charge in [-0.15, -0.1) is 10.2 Å². The minimum absolute atomic E-state index is 0.235. The van der Waals surface area contributed by atoms with Gasteiger partial charge in [0.15, 0.2) is 0 Å². The number of aromatic nitrogens is 3. The molecule has 1 aliphatic rings. The summed E-state index contributed by atoms with van der Waals surface area (Å²) in [6.45, 7) is 1.87. The molecule has 1 atom stereocenters. The molecule has 1 aromatic heterocycles. The van der Waals surface area contributed by atoms with Crippen molar-refractivity contribution in [1.82, 2.24) is 20.2 Å². The van der Waals surface area contributed by atoms with Crippen LogP contribution in [-0.2, 0) is 22.4 Å². The Labute approximate surface area is 134 Å². The fourth-order valence-corrected chi connectivity index (χ4v) is 2.79. The number of rotatable bonds is 3. The van der Waals surface area contributed by atoms with Gasteiger partial charge in [0, 0.05) is 0 Å². The first-order chi connectivity index (χ1) is 11.1. The Morgan fingerprint density at radius 1 is 1.09 bits per heavy atom. The summed E-state index contributed by atoms with van der Waals surface area (Å²) >= 11 is 0. The van der Waals surface area contributed by atoms with E-state index in [1.54, 1.807) is 0 Å². The summed E-state index contributed by atoms with van der Waals surface area (Å²) in [6, 6.07) is 6.05. The highest BCUT2D eigenvalue weighted by Gasteiger charge is 2.18. The Kier molecular flexibility index (Phi) is 4.36. The summed E-state index contributed by atoms with van der Waals surface area (Å²) in [5.74, 6) is -1.45. The highest BCUT2D eigenvalue weighted by atomic mass is 16.2. The molecule has 1 aromatic carbocycles. The van der Waals surface area contributed by atoms with Crippen molar-refractivity contribution < 1.29 is 9.59 Å². The molecule has 0 bridgehead atoms. The normalized spacial score (nSPS) is 14.7. The van der Waals surface area contributed by atoms with Crippen molar-refractivity contribution >= 4 is 11.8 Å². The maximum Gasteiger partial charge on any atom is 0.328 e. The molecule has 0 saturated carbocycles. The molecule has 0 radical (unpaired) electrons. The maximum absolute atomic E-state index is 12.0. The van der Waals surface area contributed by atoms with Crippen molar-refractivity contribution in [3.63, 3.8) is 0 Å². The van der Waals surface area contributed by atoms with Gasteiger partial charge in [0.1, 0.15) is 12.7 Å². The third-order valence-corrected chi connectivity index (χ3v) is 4.08. The first-order valence-electron chi connectivity index (χ1n) is 7.71. The molecule has 2 aromatic rings. The van der Waals surface area contributed by atoms with Gasteiger partial charge in [-0.25, -0.2) is 4.68 Å². The van der Waals surface area contributed by atoms with Crippen LogP contribution in [0.4, 0.5) is 0 Å². The summed E-state index contributed by atoms with van der Waals surface area (Å²) in [4.78, 5) is 23.8. The predicted molar refractivity (Wildman–Crippen MR) is 84.0 cm³/mol. The third-order valence-electron chi connectivity index (χ3n) is 4.08. The number of carbonyl (C=O) groups excluding carboxylic acids is 2. The lowest BCUT2D eigenvalue weighted by molar-refractivity contribution is -0.137. The number of aryl methyl sites for hydroxylation is 2. The topological polar surface area (TPSA) is 88.9 Å².